The number of carbonyl (C=O) groups excluding carboxylic acids is 1. The summed E-state index contributed by atoms with van der Waals surface area (Å²) in [5.74, 6) is -2.32. The first kappa shape index (κ1) is 16.9. The van der Waals surface area contributed by atoms with E-state index in [1.807, 2.05) is 0 Å². The van der Waals surface area contributed by atoms with Crippen LogP contribution in [0.1, 0.15) is 32.4 Å². The minimum absolute atomic E-state index is 0.141. The van der Waals surface area contributed by atoms with Gasteiger partial charge in [-0.3, -0.25) is 0 Å². The van der Waals surface area contributed by atoms with E-state index in [1.165, 1.54) is 18.2 Å². The van der Waals surface area contributed by atoms with Crippen LogP contribution in [-0.4, -0.2) is 34.0 Å². The number of carbonyl (C=O) groups is 2. The number of aliphatic hydroxyl groups is 1. The third kappa shape index (κ3) is 5.03. The van der Waals surface area contributed by atoms with Crippen LogP contribution in [0.2, 0.25) is 0 Å². The van der Waals surface area contributed by atoms with Gasteiger partial charge in [-0.25, -0.2) is 14.0 Å². The Bertz CT molecular complexity index is 526. The number of aliphatic hydroxyl groups excluding tert-OH is 1. The zero-order valence-electron chi connectivity index (χ0n) is 12.0. The summed E-state index contributed by atoms with van der Waals surface area (Å²) < 4.78 is 18.7. The van der Waals surface area contributed by atoms with E-state index < -0.39 is 35.6 Å². The van der Waals surface area contributed by atoms with Crippen molar-refractivity contribution >= 4 is 12.1 Å². The SMILES string of the molecule is CC(C)(C)OC(=O)N[C@@H](c1ccccc1F)[C@H](O)C(=O)O. The van der Waals surface area contributed by atoms with Crippen LogP contribution in [0.15, 0.2) is 24.3 Å². The van der Waals surface area contributed by atoms with Crippen LogP contribution in [0, 0.1) is 5.82 Å². The maximum absolute atomic E-state index is 13.8. The number of alkyl carbamates (subject to hydrolysis) is 1. The third-order valence-corrected chi connectivity index (χ3v) is 2.48. The van der Waals surface area contributed by atoms with Crippen molar-refractivity contribution in [2.24, 2.45) is 0 Å². The molecule has 6 nitrogen and oxygen atoms in total. The minimum Gasteiger partial charge on any atom is -0.479 e. The molecule has 0 bridgehead atoms. The van der Waals surface area contributed by atoms with E-state index in [4.69, 9.17) is 9.84 Å². The van der Waals surface area contributed by atoms with Gasteiger partial charge in [-0.2, -0.15) is 0 Å². The number of hydrogen-bond acceptors (Lipinski definition) is 4. The molecule has 0 saturated heterocycles. The van der Waals surface area contributed by atoms with Crippen LogP contribution in [0.3, 0.4) is 0 Å². The van der Waals surface area contributed by atoms with Gasteiger partial charge in [0.25, 0.3) is 0 Å². The van der Waals surface area contributed by atoms with Crippen molar-refractivity contribution in [1.82, 2.24) is 5.32 Å². The molecule has 0 aliphatic carbocycles. The number of amides is 1. The number of nitrogens with one attached hydrogen (secondary N) is 1. The quantitative estimate of drug-likeness (QED) is 0.788. The summed E-state index contributed by atoms with van der Waals surface area (Å²) in [6.07, 6.45) is -2.95. The Morgan fingerprint density at radius 1 is 1.29 bits per heavy atom. The molecule has 116 valence electrons. The normalized spacial score (nSPS) is 14.1. The molecule has 0 aromatic heterocycles. The molecule has 1 aromatic rings. The molecule has 0 unspecified atom stereocenters. The fourth-order valence-corrected chi connectivity index (χ4v) is 1.63. The zero-order chi connectivity index (χ0) is 16.2. The van der Waals surface area contributed by atoms with Crippen molar-refractivity contribution in [3.8, 4) is 0 Å². The van der Waals surface area contributed by atoms with E-state index in [9.17, 15) is 19.1 Å². The molecule has 0 saturated carbocycles. The van der Waals surface area contributed by atoms with Gasteiger partial charge in [0.1, 0.15) is 11.4 Å². The van der Waals surface area contributed by atoms with Crippen LogP contribution < -0.4 is 5.32 Å². The van der Waals surface area contributed by atoms with Crippen molar-refractivity contribution < 1.29 is 28.9 Å². The summed E-state index contributed by atoms with van der Waals surface area (Å²) in [7, 11) is 0. The Hall–Kier alpha value is -2.15. The second kappa shape index (κ2) is 6.53. The smallest absolute Gasteiger partial charge is 0.408 e. The lowest BCUT2D eigenvalue weighted by Gasteiger charge is -2.25. The molecule has 1 rings (SSSR count). The van der Waals surface area contributed by atoms with Gasteiger partial charge in [-0.15, -0.1) is 0 Å². The van der Waals surface area contributed by atoms with Crippen LogP contribution in [-0.2, 0) is 9.53 Å². The van der Waals surface area contributed by atoms with Gasteiger partial charge in [-0.1, -0.05) is 18.2 Å². The molecule has 0 spiro atoms. The summed E-state index contributed by atoms with van der Waals surface area (Å²) in [4.78, 5) is 22.6. The van der Waals surface area contributed by atoms with Crippen LogP contribution in [0.5, 0.6) is 0 Å². The fourth-order valence-electron chi connectivity index (χ4n) is 1.63. The topological polar surface area (TPSA) is 95.9 Å². The molecule has 3 N–H and O–H groups in total. The van der Waals surface area contributed by atoms with Crippen molar-refractivity contribution in [3.63, 3.8) is 0 Å². The van der Waals surface area contributed by atoms with Gasteiger partial charge in [0.05, 0.1) is 6.04 Å². The van der Waals surface area contributed by atoms with Crippen molar-refractivity contribution in [2.75, 3.05) is 0 Å². The molecule has 7 heteroatoms. The number of carboxylic acids is 1. The molecular weight excluding hydrogens is 281 g/mol. The average molecular weight is 299 g/mol. The highest BCUT2D eigenvalue weighted by Gasteiger charge is 2.32. The molecule has 0 aliphatic rings. The average Bonchev–Trinajstić information content (AvgIpc) is 2.34. The predicted octanol–water partition coefficient (Wildman–Crippen LogP) is 1.84. The highest BCUT2D eigenvalue weighted by atomic mass is 19.1. The van der Waals surface area contributed by atoms with E-state index in [2.05, 4.69) is 5.32 Å². The molecule has 21 heavy (non-hydrogen) atoms. The van der Waals surface area contributed by atoms with Crippen LogP contribution in [0.25, 0.3) is 0 Å². The lowest BCUT2D eigenvalue weighted by molar-refractivity contribution is -0.148. The second-order valence-electron chi connectivity index (χ2n) is 5.43. The predicted molar refractivity (Wildman–Crippen MR) is 72.2 cm³/mol. The molecule has 2 atom stereocenters. The Labute approximate surface area is 121 Å². The van der Waals surface area contributed by atoms with Crippen molar-refractivity contribution in [1.29, 1.82) is 0 Å². The molecule has 0 heterocycles. The first-order valence-electron chi connectivity index (χ1n) is 6.26. The highest BCUT2D eigenvalue weighted by molar-refractivity contribution is 5.75. The van der Waals surface area contributed by atoms with Gasteiger partial charge >= 0.3 is 12.1 Å². The minimum atomic E-state index is -2.01. The number of ether oxygens (including phenoxy) is 1. The van der Waals surface area contributed by atoms with E-state index in [-0.39, 0.29) is 5.56 Å². The van der Waals surface area contributed by atoms with Gasteiger partial charge in [-0.05, 0) is 26.8 Å². The van der Waals surface area contributed by atoms with Crippen molar-refractivity contribution in [2.45, 2.75) is 38.5 Å². The number of carboxylic acid groups (broad SMARTS) is 1. The largest absolute Gasteiger partial charge is 0.479 e. The number of halogens is 1. The van der Waals surface area contributed by atoms with Crippen LogP contribution >= 0.6 is 0 Å². The highest BCUT2D eigenvalue weighted by Crippen LogP contribution is 2.21. The number of rotatable bonds is 4. The summed E-state index contributed by atoms with van der Waals surface area (Å²) in [5.41, 5.74) is -0.948. The third-order valence-electron chi connectivity index (χ3n) is 2.48. The summed E-state index contributed by atoms with van der Waals surface area (Å²) in [6, 6.07) is 3.81. The first-order valence-corrected chi connectivity index (χ1v) is 6.26. The van der Waals surface area contributed by atoms with Crippen LogP contribution in [0.4, 0.5) is 9.18 Å². The number of hydrogen-bond donors (Lipinski definition) is 3. The lowest BCUT2D eigenvalue weighted by Crippen LogP contribution is -2.42. The fraction of sp³-hybridized carbons (Fsp3) is 0.429. The van der Waals surface area contributed by atoms with Gasteiger partial charge in [0.2, 0.25) is 0 Å². The second-order valence-corrected chi connectivity index (χ2v) is 5.43. The van der Waals surface area contributed by atoms with Gasteiger partial charge < -0.3 is 20.3 Å². The number of aliphatic carboxylic acids is 1. The Balaban J connectivity index is 3.02. The summed E-state index contributed by atoms with van der Waals surface area (Å²) >= 11 is 0. The monoisotopic (exact) mass is 299 g/mol. The molecule has 0 aliphatic heterocycles. The van der Waals surface area contributed by atoms with E-state index in [1.54, 1.807) is 20.8 Å². The zero-order valence-corrected chi connectivity index (χ0v) is 12.0. The van der Waals surface area contributed by atoms with Gasteiger partial charge in [0.15, 0.2) is 6.10 Å². The number of benzene rings is 1. The summed E-state index contributed by atoms with van der Waals surface area (Å²) in [6.45, 7) is 4.87. The Morgan fingerprint density at radius 2 is 1.86 bits per heavy atom. The van der Waals surface area contributed by atoms with Crippen molar-refractivity contribution in [3.05, 3.63) is 35.6 Å². The first-order chi connectivity index (χ1) is 9.61. The molecule has 0 radical (unpaired) electrons. The Morgan fingerprint density at radius 3 is 2.33 bits per heavy atom. The van der Waals surface area contributed by atoms with E-state index >= 15 is 0 Å². The van der Waals surface area contributed by atoms with E-state index in [0.717, 1.165) is 6.07 Å². The molecule has 0 fully saturated rings. The Kier molecular flexibility index (Phi) is 5.26. The summed E-state index contributed by atoms with van der Waals surface area (Å²) in [5, 5.41) is 20.7. The molecular formula is C14H18FNO5. The molecule has 1 amide bonds. The lowest BCUT2D eigenvalue weighted by atomic mass is 10.0. The molecule has 1 aromatic carbocycles. The standard InChI is InChI=1S/C14H18FNO5/c1-14(2,3)21-13(20)16-10(11(17)12(18)19)8-6-4-5-7-9(8)15/h4-7,10-11,17H,1-3H3,(H,16,20)(H,18,19)/t10-,11-/m0/s1. The maximum Gasteiger partial charge on any atom is 0.408 e. The maximum atomic E-state index is 13.8. The van der Waals surface area contributed by atoms with Gasteiger partial charge in [0, 0.05) is 5.56 Å². The van der Waals surface area contributed by atoms with E-state index in [0.29, 0.717) is 0 Å².